The van der Waals surface area contributed by atoms with Crippen molar-refractivity contribution in [1.82, 2.24) is 15.0 Å². The molecule has 0 spiro atoms. The van der Waals surface area contributed by atoms with Gasteiger partial charge in [-0.2, -0.15) is 0 Å². The van der Waals surface area contributed by atoms with Crippen LogP contribution in [0, 0.1) is 11.6 Å². The van der Waals surface area contributed by atoms with Crippen LogP contribution in [-0.4, -0.2) is 47.0 Å². The van der Waals surface area contributed by atoms with E-state index < -0.39 is 0 Å². The van der Waals surface area contributed by atoms with Crippen molar-refractivity contribution in [1.29, 1.82) is 0 Å². The summed E-state index contributed by atoms with van der Waals surface area (Å²) in [6.07, 6.45) is 0. The van der Waals surface area contributed by atoms with Crippen molar-refractivity contribution in [2.24, 2.45) is 0 Å². The summed E-state index contributed by atoms with van der Waals surface area (Å²) in [5.41, 5.74) is 1.73. The van der Waals surface area contributed by atoms with Crippen molar-refractivity contribution >= 4 is 17.5 Å². The summed E-state index contributed by atoms with van der Waals surface area (Å²) < 4.78 is 31.5. The highest BCUT2D eigenvalue weighted by Crippen LogP contribution is 2.22. The lowest BCUT2D eigenvalue weighted by molar-refractivity contribution is 0.0618. The zero-order valence-electron chi connectivity index (χ0n) is 15.4. The molecule has 1 saturated heterocycles. The van der Waals surface area contributed by atoms with Gasteiger partial charge in [-0.25, -0.2) is 8.78 Å². The highest BCUT2D eigenvalue weighted by atomic mass is 35.5. The Morgan fingerprint density at radius 3 is 2.38 bits per heavy atom. The summed E-state index contributed by atoms with van der Waals surface area (Å²) in [6.45, 7) is 3.01. The summed E-state index contributed by atoms with van der Waals surface area (Å²) >= 11 is 6.10. The van der Waals surface area contributed by atoms with Crippen LogP contribution in [0.5, 0.6) is 0 Å². The molecule has 8 heteroatoms. The Balaban J connectivity index is 1.36. The number of carbonyl (C=O) groups is 1. The molecule has 1 fully saturated rings. The number of benzene rings is 2. The lowest BCUT2D eigenvalue weighted by Crippen LogP contribution is -2.48. The van der Waals surface area contributed by atoms with Gasteiger partial charge in [0.25, 0.3) is 5.91 Å². The van der Waals surface area contributed by atoms with Crippen LogP contribution < -0.4 is 0 Å². The van der Waals surface area contributed by atoms with Crippen molar-refractivity contribution in [2.75, 3.05) is 26.2 Å². The molecule has 1 aliphatic heterocycles. The highest BCUT2D eigenvalue weighted by Gasteiger charge is 2.25. The van der Waals surface area contributed by atoms with E-state index in [2.05, 4.69) is 10.1 Å². The highest BCUT2D eigenvalue weighted by molar-refractivity contribution is 6.31. The zero-order chi connectivity index (χ0) is 20.4. The molecule has 1 aliphatic rings. The summed E-state index contributed by atoms with van der Waals surface area (Å²) in [6, 6.07) is 11.7. The van der Waals surface area contributed by atoms with Crippen LogP contribution in [0.3, 0.4) is 0 Å². The largest absolute Gasteiger partial charge is 0.355 e. The predicted molar refractivity (Wildman–Crippen MR) is 104 cm³/mol. The topological polar surface area (TPSA) is 49.6 Å². The average Bonchev–Trinajstić information content (AvgIpc) is 3.21. The number of piperazine rings is 1. The first kappa shape index (κ1) is 19.5. The summed E-state index contributed by atoms with van der Waals surface area (Å²) in [4.78, 5) is 16.6. The van der Waals surface area contributed by atoms with Crippen molar-refractivity contribution in [3.8, 4) is 11.3 Å². The zero-order valence-corrected chi connectivity index (χ0v) is 16.2. The Labute approximate surface area is 171 Å². The van der Waals surface area contributed by atoms with Gasteiger partial charge in [0.05, 0.1) is 0 Å². The second-order valence-corrected chi connectivity index (χ2v) is 7.29. The molecule has 2 aromatic carbocycles. The van der Waals surface area contributed by atoms with Crippen LogP contribution >= 0.6 is 11.6 Å². The van der Waals surface area contributed by atoms with Crippen molar-refractivity contribution < 1.29 is 18.1 Å². The second-order valence-electron chi connectivity index (χ2n) is 6.89. The normalized spacial score (nSPS) is 14.9. The first-order valence-corrected chi connectivity index (χ1v) is 9.55. The van der Waals surface area contributed by atoms with E-state index >= 15 is 0 Å². The Bertz CT molecular complexity index is 1020. The molecule has 0 bridgehead atoms. The fraction of sp³-hybridized carbons (Fsp3) is 0.238. The van der Waals surface area contributed by atoms with Gasteiger partial charge in [-0.05, 0) is 42.0 Å². The van der Waals surface area contributed by atoms with E-state index in [0.717, 1.165) is 5.56 Å². The maximum absolute atomic E-state index is 13.2. The smallest absolute Gasteiger partial charge is 0.276 e. The van der Waals surface area contributed by atoms with Crippen molar-refractivity contribution in [3.63, 3.8) is 0 Å². The molecule has 150 valence electrons. The van der Waals surface area contributed by atoms with Gasteiger partial charge in [0.2, 0.25) is 0 Å². The molecular weight excluding hydrogens is 400 g/mol. The van der Waals surface area contributed by atoms with E-state index in [4.69, 9.17) is 16.1 Å². The molecule has 1 amide bonds. The fourth-order valence-electron chi connectivity index (χ4n) is 3.29. The van der Waals surface area contributed by atoms with E-state index in [9.17, 15) is 13.6 Å². The second kappa shape index (κ2) is 8.31. The number of hydrogen-bond acceptors (Lipinski definition) is 4. The van der Waals surface area contributed by atoms with E-state index in [1.807, 2.05) is 0 Å². The Kier molecular flexibility index (Phi) is 5.60. The predicted octanol–water partition coefficient (Wildman–Crippen LogP) is 4.23. The number of hydrogen-bond donors (Lipinski definition) is 0. The molecule has 1 aromatic heterocycles. The molecule has 0 unspecified atom stereocenters. The van der Waals surface area contributed by atoms with Gasteiger partial charge in [0.1, 0.15) is 11.6 Å². The van der Waals surface area contributed by atoms with Crippen LogP contribution in [0.2, 0.25) is 5.02 Å². The lowest BCUT2D eigenvalue weighted by atomic mass is 10.1. The maximum atomic E-state index is 13.2. The molecule has 0 radical (unpaired) electrons. The minimum atomic E-state index is -0.359. The minimum absolute atomic E-state index is 0.207. The molecule has 0 atom stereocenters. The number of aromatic nitrogens is 1. The summed E-state index contributed by atoms with van der Waals surface area (Å²) in [5, 5.41) is 4.27. The number of nitrogens with zero attached hydrogens (tertiary/aromatic N) is 3. The minimum Gasteiger partial charge on any atom is -0.355 e. The quantitative estimate of drug-likeness (QED) is 0.637. The first-order valence-electron chi connectivity index (χ1n) is 9.18. The monoisotopic (exact) mass is 417 g/mol. The van der Waals surface area contributed by atoms with Crippen LogP contribution in [-0.2, 0) is 6.54 Å². The van der Waals surface area contributed by atoms with Crippen LogP contribution in [0.4, 0.5) is 8.78 Å². The molecule has 2 heterocycles. The Morgan fingerprint density at radius 1 is 1.00 bits per heavy atom. The third-order valence-electron chi connectivity index (χ3n) is 4.93. The van der Waals surface area contributed by atoms with Gasteiger partial charge in [0, 0.05) is 49.4 Å². The van der Waals surface area contributed by atoms with E-state index in [0.29, 0.717) is 49.1 Å². The first-order chi connectivity index (χ1) is 14.0. The molecule has 5 nitrogen and oxygen atoms in total. The molecule has 29 heavy (non-hydrogen) atoms. The van der Waals surface area contributed by atoms with Crippen molar-refractivity contribution in [2.45, 2.75) is 6.54 Å². The molecule has 0 aliphatic carbocycles. The van der Waals surface area contributed by atoms with E-state index in [1.54, 1.807) is 29.2 Å². The molecular formula is C21H18ClF2N3O2. The van der Waals surface area contributed by atoms with Crippen molar-refractivity contribution in [3.05, 3.63) is 76.4 Å². The van der Waals surface area contributed by atoms with Gasteiger partial charge < -0.3 is 9.42 Å². The lowest BCUT2D eigenvalue weighted by Gasteiger charge is -2.34. The van der Waals surface area contributed by atoms with E-state index in [1.165, 1.54) is 24.3 Å². The molecule has 0 N–H and O–H groups in total. The van der Waals surface area contributed by atoms with Gasteiger partial charge in [-0.3, -0.25) is 9.69 Å². The average molecular weight is 418 g/mol. The Hall–Kier alpha value is -2.77. The fourth-order valence-corrected chi connectivity index (χ4v) is 3.52. The SMILES string of the molecule is O=C(c1cc(-c2ccc(F)cc2)on1)N1CCN(Cc2ccc(F)cc2Cl)CC1. The maximum Gasteiger partial charge on any atom is 0.276 e. The molecule has 4 rings (SSSR count). The number of carbonyl (C=O) groups excluding carboxylic acids is 1. The van der Waals surface area contributed by atoms with Crippen LogP contribution in [0.15, 0.2) is 53.1 Å². The molecule has 3 aromatic rings. The number of rotatable bonds is 4. The Morgan fingerprint density at radius 2 is 1.69 bits per heavy atom. The van der Waals surface area contributed by atoms with Crippen LogP contribution in [0.25, 0.3) is 11.3 Å². The van der Waals surface area contributed by atoms with Gasteiger partial charge in [-0.15, -0.1) is 0 Å². The van der Waals surface area contributed by atoms with Gasteiger partial charge >= 0.3 is 0 Å². The number of halogens is 3. The summed E-state index contributed by atoms with van der Waals surface area (Å²) in [7, 11) is 0. The third kappa shape index (κ3) is 4.46. The third-order valence-corrected chi connectivity index (χ3v) is 5.28. The summed E-state index contributed by atoms with van der Waals surface area (Å²) in [5.74, 6) is -0.495. The van der Waals surface area contributed by atoms with Gasteiger partial charge in [0.15, 0.2) is 11.5 Å². The molecule has 0 saturated carbocycles. The van der Waals surface area contributed by atoms with Crippen LogP contribution in [0.1, 0.15) is 16.1 Å². The standard InChI is InChI=1S/C21H18ClF2N3O2/c22-18-11-17(24)6-3-15(18)13-26-7-9-27(10-8-26)21(28)19-12-20(29-25-19)14-1-4-16(23)5-2-14/h1-6,11-12H,7-10,13H2. The van der Waals surface area contributed by atoms with Gasteiger partial charge in [-0.1, -0.05) is 22.8 Å². The van der Waals surface area contributed by atoms with E-state index in [-0.39, 0.29) is 23.2 Å². The number of amides is 1.